The average Bonchev–Trinajstić information content (AvgIpc) is 2.87. The van der Waals surface area contributed by atoms with Gasteiger partial charge in [0.2, 0.25) is 0 Å². The lowest BCUT2D eigenvalue weighted by Gasteiger charge is -2.05. The van der Waals surface area contributed by atoms with Crippen molar-refractivity contribution in [2.45, 2.75) is 45.1 Å². The maximum atomic E-state index is 6.04. The Morgan fingerprint density at radius 2 is 2.21 bits per heavy atom. The van der Waals surface area contributed by atoms with Crippen molar-refractivity contribution in [3.8, 4) is 0 Å². The van der Waals surface area contributed by atoms with Crippen molar-refractivity contribution in [2.24, 2.45) is 11.7 Å². The van der Waals surface area contributed by atoms with Gasteiger partial charge in [-0.05, 0) is 30.3 Å². The zero-order chi connectivity index (χ0) is 10.1. The van der Waals surface area contributed by atoms with Crippen LogP contribution in [0.5, 0.6) is 0 Å². The minimum atomic E-state index is 0.308. The van der Waals surface area contributed by atoms with Crippen molar-refractivity contribution in [3.63, 3.8) is 0 Å². The molecule has 1 heterocycles. The Kier molecular flexibility index (Phi) is 2.83. The van der Waals surface area contributed by atoms with Gasteiger partial charge < -0.3 is 5.73 Å². The number of aromatic nitrogens is 2. The second-order valence-electron chi connectivity index (χ2n) is 4.41. The van der Waals surface area contributed by atoms with Crippen LogP contribution in [-0.2, 0) is 6.42 Å². The summed E-state index contributed by atoms with van der Waals surface area (Å²) in [5.41, 5.74) is 6.04. The fourth-order valence-corrected chi connectivity index (χ4v) is 2.33. The SMILES string of the molecule is CC(C)c1nsc(CC(N)C2CC2)n1. The van der Waals surface area contributed by atoms with E-state index < -0.39 is 0 Å². The molecule has 1 atom stereocenters. The zero-order valence-electron chi connectivity index (χ0n) is 8.73. The highest BCUT2D eigenvalue weighted by molar-refractivity contribution is 7.05. The second kappa shape index (κ2) is 3.95. The molecular formula is C10H17N3S. The van der Waals surface area contributed by atoms with Crippen LogP contribution in [0.2, 0.25) is 0 Å². The molecule has 1 aromatic rings. The largest absolute Gasteiger partial charge is 0.327 e. The van der Waals surface area contributed by atoms with Crippen LogP contribution < -0.4 is 5.73 Å². The minimum absolute atomic E-state index is 0.308. The summed E-state index contributed by atoms with van der Waals surface area (Å²) in [7, 11) is 0. The third-order valence-electron chi connectivity index (χ3n) is 2.64. The van der Waals surface area contributed by atoms with Gasteiger partial charge >= 0.3 is 0 Å². The average molecular weight is 211 g/mol. The van der Waals surface area contributed by atoms with Crippen LogP contribution in [0.15, 0.2) is 0 Å². The predicted octanol–water partition coefficient (Wildman–Crippen LogP) is 1.94. The molecule has 1 aliphatic carbocycles. The van der Waals surface area contributed by atoms with Crippen LogP contribution in [0.4, 0.5) is 0 Å². The standard InChI is InChI=1S/C10H17N3S/c1-6(2)10-12-9(14-13-10)5-8(11)7-3-4-7/h6-8H,3-5,11H2,1-2H3. The molecule has 0 aliphatic heterocycles. The minimum Gasteiger partial charge on any atom is -0.327 e. The molecule has 3 nitrogen and oxygen atoms in total. The Balaban J connectivity index is 1.95. The van der Waals surface area contributed by atoms with E-state index in [1.165, 1.54) is 24.4 Å². The molecule has 1 saturated carbocycles. The number of nitrogens with zero attached hydrogens (tertiary/aromatic N) is 2. The molecule has 1 fully saturated rings. The van der Waals surface area contributed by atoms with Crippen LogP contribution in [0.1, 0.15) is 43.4 Å². The van der Waals surface area contributed by atoms with Crippen molar-refractivity contribution in [2.75, 3.05) is 0 Å². The quantitative estimate of drug-likeness (QED) is 0.828. The van der Waals surface area contributed by atoms with Gasteiger partial charge in [-0.3, -0.25) is 0 Å². The fourth-order valence-electron chi connectivity index (χ4n) is 1.48. The van der Waals surface area contributed by atoms with E-state index in [2.05, 4.69) is 23.2 Å². The first-order valence-electron chi connectivity index (χ1n) is 5.25. The molecule has 1 unspecified atom stereocenters. The van der Waals surface area contributed by atoms with Crippen molar-refractivity contribution in [1.82, 2.24) is 9.36 Å². The van der Waals surface area contributed by atoms with Gasteiger partial charge in [-0.15, -0.1) is 0 Å². The van der Waals surface area contributed by atoms with E-state index in [0.29, 0.717) is 12.0 Å². The number of nitrogens with two attached hydrogens (primary N) is 1. The Morgan fingerprint density at radius 3 is 2.71 bits per heavy atom. The topological polar surface area (TPSA) is 51.8 Å². The zero-order valence-corrected chi connectivity index (χ0v) is 9.55. The molecule has 0 saturated heterocycles. The van der Waals surface area contributed by atoms with E-state index in [0.717, 1.165) is 23.2 Å². The highest BCUT2D eigenvalue weighted by atomic mass is 32.1. The number of hydrogen-bond donors (Lipinski definition) is 1. The first kappa shape index (κ1) is 10.1. The monoisotopic (exact) mass is 211 g/mol. The highest BCUT2D eigenvalue weighted by Gasteiger charge is 2.29. The van der Waals surface area contributed by atoms with E-state index in [1.54, 1.807) is 0 Å². The van der Waals surface area contributed by atoms with Gasteiger partial charge in [0.15, 0.2) is 0 Å². The third-order valence-corrected chi connectivity index (χ3v) is 3.39. The smallest absolute Gasteiger partial charge is 0.145 e. The van der Waals surface area contributed by atoms with Gasteiger partial charge in [0.25, 0.3) is 0 Å². The van der Waals surface area contributed by atoms with Crippen molar-refractivity contribution < 1.29 is 0 Å². The number of rotatable bonds is 4. The molecule has 0 radical (unpaired) electrons. The Morgan fingerprint density at radius 1 is 1.50 bits per heavy atom. The van der Waals surface area contributed by atoms with Crippen LogP contribution in [-0.4, -0.2) is 15.4 Å². The summed E-state index contributed by atoms with van der Waals surface area (Å²) in [6.45, 7) is 4.24. The van der Waals surface area contributed by atoms with Gasteiger partial charge in [-0.25, -0.2) is 4.98 Å². The van der Waals surface area contributed by atoms with Crippen LogP contribution in [0, 0.1) is 5.92 Å². The molecule has 4 heteroatoms. The highest BCUT2D eigenvalue weighted by Crippen LogP contribution is 2.33. The molecule has 2 rings (SSSR count). The van der Waals surface area contributed by atoms with Gasteiger partial charge in [-0.1, -0.05) is 13.8 Å². The normalized spacial score (nSPS) is 18.9. The third kappa shape index (κ3) is 2.30. The molecule has 2 N–H and O–H groups in total. The summed E-state index contributed by atoms with van der Waals surface area (Å²) in [6, 6.07) is 0.308. The molecule has 1 aliphatic rings. The van der Waals surface area contributed by atoms with Crippen molar-refractivity contribution in [3.05, 3.63) is 10.8 Å². The van der Waals surface area contributed by atoms with E-state index in [9.17, 15) is 0 Å². The Bertz CT molecular complexity index is 304. The molecule has 0 amide bonds. The van der Waals surface area contributed by atoms with Gasteiger partial charge in [0.05, 0.1) is 0 Å². The maximum absolute atomic E-state index is 6.04. The molecule has 1 aromatic heterocycles. The van der Waals surface area contributed by atoms with Gasteiger partial charge in [-0.2, -0.15) is 4.37 Å². The Labute approximate surface area is 88.9 Å². The molecule has 78 valence electrons. The lowest BCUT2D eigenvalue weighted by Crippen LogP contribution is -2.24. The van der Waals surface area contributed by atoms with Crippen LogP contribution >= 0.6 is 11.5 Å². The van der Waals surface area contributed by atoms with E-state index in [1.807, 2.05) is 0 Å². The number of hydrogen-bond acceptors (Lipinski definition) is 4. The lowest BCUT2D eigenvalue weighted by atomic mass is 10.1. The molecule has 0 bridgehead atoms. The summed E-state index contributed by atoms with van der Waals surface area (Å²) in [6.07, 6.45) is 3.52. The van der Waals surface area contributed by atoms with E-state index >= 15 is 0 Å². The molecule has 14 heavy (non-hydrogen) atoms. The fraction of sp³-hybridized carbons (Fsp3) is 0.800. The van der Waals surface area contributed by atoms with Crippen LogP contribution in [0.3, 0.4) is 0 Å². The van der Waals surface area contributed by atoms with E-state index in [4.69, 9.17) is 5.73 Å². The Hall–Kier alpha value is -0.480. The first-order valence-corrected chi connectivity index (χ1v) is 6.02. The maximum Gasteiger partial charge on any atom is 0.145 e. The lowest BCUT2D eigenvalue weighted by molar-refractivity contribution is 0.588. The first-order chi connectivity index (χ1) is 6.66. The van der Waals surface area contributed by atoms with Crippen molar-refractivity contribution >= 4 is 11.5 Å². The molecule has 0 spiro atoms. The van der Waals surface area contributed by atoms with Gasteiger partial charge in [0.1, 0.15) is 10.8 Å². The summed E-state index contributed by atoms with van der Waals surface area (Å²) in [4.78, 5) is 4.49. The summed E-state index contributed by atoms with van der Waals surface area (Å²) >= 11 is 1.51. The van der Waals surface area contributed by atoms with Crippen molar-refractivity contribution in [1.29, 1.82) is 0 Å². The van der Waals surface area contributed by atoms with Crippen LogP contribution in [0.25, 0.3) is 0 Å². The molecular weight excluding hydrogens is 194 g/mol. The predicted molar refractivity (Wildman–Crippen MR) is 58.4 cm³/mol. The molecule has 0 aromatic carbocycles. The van der Waals surface area contributed by atoms with E-state index in [-0.39, 0.29) is 0 Å². The summed E-state index contributed by atoms with van der Waals surface area (Å²) in [5.74, 6) is 2.14. The van der Waals surface area contributed by atoms with Gasteiger partial charge in [0, 0.05) is 18.4 Å². The summed E-state index contributed by atoms with van der Waals surface area (Å²) in [5, 5.41) is 1.10. The summed E-state index contributed by atoms with van der Waals surface area (Å²) < 4.78 is 4.32. The second-order valence-corrected chi connectivity index (χ2v) is 5.24.